The van der Waals surface area contributed by atoms with Crippen molar-refractivity contribution in [3.8, 4) is 11.5 Å². The third-order valence-electron chi connectivity index (χ3n) is 2.73. The molecule has 0 unspecified atom stereocenters. The van der Waals surface area contributed by atoms with E-state index >= 15 is 0 Å². The van der Waals surface area contributed by atoms with Crippen LogP contribution < -0.4 is 15.9 Å². The van der Waals surface area contributed by atoms with Crippen molar-refractivity contribution in [2.24, 2.45) is 10.8 Å². The molecule has 0 saturated heterocycles. The summed E-state index contributed by atoms with van der Waals surface area (Å²) in [5.41, 5.74) is 8.13. The van der Waals surface area contributed by atoms with Gasteiger partial charge in [0.2, 0.25) is 0 Å². The molecular formula is C15H21N3O4S. The zero-order valence-electron chi connectivity index (χ0n) is 12.9. The van der Waals surface area contributed by atoms with Gasteiger partial charge in [-0.15, -0.1) is 0 Å². The molecule has 0 aliphatic carbocycles. The van der Waals surface area contributed by atoms with Gasteiger partial charge in [-0.1, -0.05) is 0 Å². The number of rotatable bonds is 9. The second-order valence-electron chi connectivity index (χ2n) is 4.57. The molecule has 0 atom stereocenters. The Balaban J connectivity index is 2.35. The number of carbonyl (C=O) groups is 1. The Kier molecular flexibility index (Phi) is 8.45. The van der Waals surface area contributed by atoms with Gasteiger partial charge in [-0.25, -0.2) is 0 Å². The van der Waals surface area contributed by atoms with E-state index in [9.17, 15) is 9.90 Å². The number of thiocarbonyl (C=S) groups is 1. The highest BCUT2D eigenvalue weighted by Crippen LogP contribution is 2.22. The molecule has 1 rings (SSSR count). The zero-order chi connectivity index (χ0) is 17.1. The first-order valence-electron chi connectivity index (χ1n) is 7.23. The second-order valence-corrected chi connectivity index (χ2v) is 5.01. The summed E-state index contributed by atoms with van der Waals surface area (Å²) in [7, 11) is 0. The molecule has 0 aliphatic rings. The van der Waals surface area contributed by atoms with Crippen LogP contribution in [0.3, 0.4) is 0 Å². The third-order valence-corrected chi connectivity index (χ3v) is 2.82. The van der Waals surface area contributed by atoms with Crippen molar-refractivity contribution < 1.29 is 19.4 Å². The van der Waals surface area contributed by atoms with Crippen LogP contribution in [0.1, 0.15) is 31.7 Å². The number of nitrogens with one attached hydrogen (secondary N) is 1. The summed E-state index contributed by atoms with van der Waals surface area (Å²) in [4.78, 5) is 11.2. The minimum absolute atomic E-state index is 0.0301. The van der Waals surface area contributed by atoms with Gasteiger partial charge >= 0.3 is 5.97 Å². The van der Waals surface area contributed by atoms with Gasteiger partial charge in [-0.3, -0.25) is 10.2 Å². The van der Waals surface area contributed by atoms with E-state index in [2.05, 4.69) is 22.7 Å². The van der Waals surface area contributed by atoms with Gasteiger partial charge in [0.1, 0.15) is 11.5 Å². The van der Waals surface area contributed by atoms with E-state index in [1.807, 2.05) is 0 Å². The number of phenols is 1. The van der Waals surface area contributed by atoms with Crippen LogP contribution in [0, 0.1) is 0 Å². The number of nitrogens with two attached hydrogens (primary N) is 1. The molecule has 4 N–H and O–H groups in total. The lowest BCUT2D eigenvalue weighted by atomic mass is 10.2. The van der Waals surface area contributed by atoms with E-state index in [0.717, 1.165) is 6.42 Å². The average molecular weight is 339 g/mol. The van der Waals surface area contributed by atoms with Crippen LogP contribution in [-0.4, -0.2) is 35.6 Å². The molecule has 0 heterocycles. The predicted molar refractivity (Wildman–Crippen MR) is 91.6 cm³/mol. The van der Waals surface area contributed by atoms with Crippen LogP contribution in [0.4, 0.5) is 0 Å². The maximum atomic E-state index is 11.2. The number of esters is 1. The summed E-state index contributed by atoms with van der Waals surface area (Å²) >= 11 is 4.61. The van der Waals surface area contributed by atoms with Crippen LogP contribution in [-0.2, 0) is 9.53 Å². The fourth-order valence-corrected chi connectivity index (χ4v) is 1.74. The van der Waals surface area contributed by atoms with Crippen molar-refractivity contribution in [3.63, 3.8) is 0 Å². The first kappa shape index (κ1) is 18.7. The van der Waals surface area contributed by atoms with Gasteiger partial charge < -0.3 is 20.3 Å². The molecule has 7 nitrogen and oxygen atoms in total. The molecular weight excluding hydrogens is 318 g/mol. The Labute approximate surface area is 140 Å². The first-order valence-corrected chi connectivity index (χ1v) is 7.63. The molecule has 0 fully saturated rings. The van der Waals surface area contributed by atoms with Crippen LogP contribution in [0.25, 0.3) is 0 Å². The van der Waals surface area contributed by atoms with Crippen molar-refractivity contribution in [1.29, 1.82) is 0 Å². The van der Waals surface area contributed by atoms with Crippen LogP contribution >= 0.6 is 12.2 Å². The number of hydrogen-bond acceptors (Lipinski definition) is 6. The molecule has 23 heavy (non-hydrogen) atoms. The first-order chi connectivity index (χ1) is 11.0. The van der Waals surface area contributed by atoms with Crippen LogP contribution in [0.15, 0.2) is 23.3 Å². The number of hydrazone groups is 1. The molecule has 0 saturated carbocycles. The molecule has 0 amide bonds. The van der Waals surface area contributed by atoms with Gasteiger partial charge in [0.05, 0.1) is 19.4 Å². The summed E-state index contributed by atoms with van der Waals surface area (Å²) in [6.45, 7) is 2.63. The van der Waals surface area contributed by atoms with E-state index in [1.54, 1.807) is 19.1 Å². The Hall–Kier alpha value is -2.35. The third kappa shape index (κ3) is 8.01. The number of aromatic hydroxyl groups is 1. The topological polar surface area (TPSA) is 106 Å². The van der Waals surface area contributed by atoms with Crippen molar-refractivity contribution in [1.82, 2.24) is 5.43 Å². The summed E-state index contributed by atoms with van der Waals surface area (Å²) in [5.74, 6) is 0.375. The minimum Gasteiger partial charge on any atom is -0.507 e. The molecule has 1 aromatic rings. The van der Waals surface area contributed by atoms with Crippen LogP contribution in [0.5, 0.6) is 11.5 Å². The molecule has 0 aromatic heterocycles. The Morgan fingerprint density at radius 3 is 2.91 bits per heavy atom. The summed E-state index contributed by atoms with van der Waals surface area (Å²) < 4.78 is 10.3. The van der Waals surface area contributed by atoms with Crippen molar-refractivity contribution in [2.45, 2.75) is 26.2 Å². The minimum atomic E-state index is -0.195. The van der Waals surface area contributed by atoms with E-state index in [1.165, 1.54) is 12.3 Å². The van der Waals surface area contributed by atoms with Gasteiger partial charge in [0, 0.05) is 18.1 Å². The molecule has 0 aliphatic heterocycles. The van der Waals surface area contributed by atoms with Gasteiger partial charge in [-0.05, 0) is 44.1 Å². The number of phenolic OH excluding ortho intramolecular Hbond substituents is 1. The van der Waals surface area contributed by atoms with E-state index in [4.69, 9.17) is 15.2 Å². The number of nitrogens with zero attached hydrogens (tertiary/aromatic N) is 1. The number of unbranched alkanes of at least 4 members (excludes halogenated alkanes) is 1. The number of benzene rings is 1. The monoisotopic (exact) mass is 339 g/mol. The lowest BCUT2D eigenvalue weighted by molar-refractivity contribution is -0.143. The van der Waals surface area contributed by atoms with E-state index in [-0.39, 0.29) is 16.8 Å². The highest BCUT2D eigenvalue weighted by atomic mass is 32.1. The van der Waals surface area contributed by atoms with Gasteiger partial charge in [0.15, 0.2) is 5.11 Å². The fourth-order valence-electron chi connectivity index (χ4n) is 1.68. The van der Waals surface area contributed by atoms with E-state index in [0.29, 0.717) is 37.4 Å². The quantitative estimate of drug-likeness (QED) is 0.207. The highest BCUT2D eigenvalue weighted by Gasteiger charge is 2.03. The maximum Gasteiger partial charge on any atom is 0.305 e. The lowest BCUT2D eigenvalue weighted by Gasteiger charge is -2.07. The number of ether oxygens (including phenoxy) is 2. The highest BCUT2D eigenvalue weighted by molar-refractivity contribution is 7.80. The second kappa shape index (κ2) is 10.4. The fraction of sp³-hybridized carbons (Fsp3) is 0.400. The molecule has 126 valence electrons. The van der Waals surface area contributed by atoms with Gasteiger partial charge in [-0.2, -0.15) is 5.10 Å². The van der Waals surface area contributed by atoms with Gasteiger partial charge in [0.25, 0.3) is 0 Å². The summed E-state index contributed by atoms with van der Waals surface area (Å²) in [6.07, 6.45) is 3.20. The Bertz CT molecular complexity index is 564. The standard InChI is InChI=1S/C15H21N3O4S/c1-2-21-14(20)5-3-4-8-22-12-7-6-11(13(19)9-12)10-17-18-15(16)23/h6-7,9-10,19H,2-5,8H2,1H3,(H3,16,18,23)/b17-10+. The number of hydrogen-bond donors (Lipinski definition) is 3. The maximum absolute atomic E-state index is 11.2. The molecule has 1 aromatic carbocycles. The van der Waals surface area contributed by atoms with Crippen molar-refractivity contribution in [3.05, 3.63) is 23.8 Å². The summed E-state index contributed by atoms with van der Waals surface area (Å²) in [6, 6.07) is 4.87. The smallest absolute Gasteiger partial charge is 0.305 e. The lowest BCUT2D eigenvalue weighted by Crippen LogP contribution is -2.23. The molecule has 0 spiro atoms. The van der Waals surface area contributed by atoms with Crippen molar-refractivity contribution >= 4 is 29.5 Å². The summed E-state index contributed by atoms with van der Waals surface area (Å²) in [5, 5.41) is 13.7. The number of carbonyl (C=O) groups excluding carboxylic acids is 1. The Morgan fingerprint density at radius 2 is 2.26 bits per heavy atom. The Morgan fingerprint density at radius 1 is 1.48 bits per heavy atom. The largest absolute Gasteiger partial charge is 0.507 e. The van der Waals surface area contributed by atoms with Crippen LogP contribution in [0.2, 0.25) is 0 Å². The average Bonchev–Trinajstić information content (AvgIpc) is 2.49. The normalized spacial score (nSPS) is 10.5. The van der Waals surface area contributed by atoms with E-state index < -0.39 is 0 Å². The molecule has 8 heteroatoms. The van der Waals surface area contributed by atoms with Crippen molar-refractivity contribution in [2.75, 3.05) is 13.2 Å². The molecule has 0 bridgehead atoms. The molecule has 0 radical (unpaired) electrons. The zero-order valence-corrected chi connectivity index (χ0v) is 13.8. The SMILES string of the molecule is CCOC(=O)CCCCOc1ccc(/C=N/NC(N)=S)c(O)c1. The predicted octanol–water partition coefficient (Wildman–Crippen LogP) is 1.67.